The highest BCUT2D eigenvalue weighted by Crippen LogP contribution is 2.23. The maximum atomic E-state index is 12.9. The molecule has 0 spiro atoms. The van der Waals surface area contributed by atoms with E-state index in [0.29, 0.717) is 4.64 Å². The molecule has 1 aromatic heterocycles. The van der Waals surface area contributed by atoms with Gasteiger partial charge >= 0.3 is 0 Å². The lowest BCUT2D eigenvalue weighted by atomic mass is 10.1. The van der Waals surface area contributed by atoms with Crippen LogP contribution < -0.4 is 0 Å². The molecule has 0 aliphatic heterocycles. The van der Waals surface area contributed by atoms with Crippen LogP contribution in [0.2, 0.25) is 5.02 Å². The van der Waals surface area contributed by atoms with Gasteiger partial charge in [-0.25, -0.2) is 4.39 Å². The molecule has 0 radical (unpaired) electrons. The zero-order valence-corrected chi connectivity index (χ0v) is 9.07. The van der Waals surface area contributed by atoms with Gasteiger partial charge in [-0.1, -0.05) is 29.9 Å². The van der Waals surface area contributed by atoms with E-state index >= 15 is 0 Å². The Morgan fingerprint density at radius 2 is 2.07 bits per heavy atom. The predicted octanol–water partition coefficient (Wildman–Crippen LogP) is 3.60. The van der Waals surface area contributed by atoms with E-state index in [0.717, 1.165) is 11.1 Å². The lowest BCUT2D eigenvalue weighted by Crippen LogP contribution is -1.85. The normalized spacial score (nSPS) is 10.3. The van der Waals surface area contributed by atoms with Crippen molar-refractivity contribution in [3.05, 3.63) is 45.9 Å². The molecule has 2 rings (SSSR count). The number of aromatic amines is 1. The van der Waals surface area contributed by atoms with E-state index in [1.807, 2.05) is 0 Å². The van der Waals surface area contributed by atoms with Gasteiger partial charge in [-0.15, -0.1) is 0 Å². The van der Waals surface area contributed by atoms with E-state index in [4.69, 9.17) is 23.8 Å². The Kier molecular flexibility index (Phi) is 2.79. The SMILES string of the molecule is Fc1ccc(-c2cn[nH]c(=S)c2)cc1Cl. The van der Waals surface area contributed by atoms with Gasteiger partial charge in [0.25, 0.3) is 0 Å². The topological polar surface area (TPSA) is 28.7 Å². The molecule has 0 aliphatic rings. The largest absolute Gasteiger partial charge is 0.268 e. The molecule has 1 N–H and O–H groups in total. The van der Waals surface area contributed by atoms with Gasteiger partial charge in [0.15, 0.2) is 0 Å². The average molecular weight is 241 g/mol. The molecule has 2 aromatic rings. The maximum absolute atomic E-state index is 12.9. The summed E-state index contributed by atoms with van der Waals surface area (Å²) in [6.45, 7) is 0. The van der Waals surface area contributed by atoms with Crippen LogP contribution in [-0.4, -0.2) is 10.2 Å². The van der Waals surface area contributed by atoms with Crippen molar-refractivity contribution in [1.82, 2.24) is 10.2 Å². The van der Waals surface area contributed by atoms with Gasteiger partial charge in [0.2, 0.25) is 0 Å². The Morgan fingerprint density at radius 3 is 2.73 bits per heavy atom. The van der Waals surface area contributed by atoms with E-state index in [1.54, 1.807) is 24.4 Å². The van der Waals surface area contributed by atoms with E-state index < -0.39 is 5.82 Å². The molecule has 15 heavy (non-hydrogen) atoms. The van der Waals surface area contributed by atoms with Gasteiger partial charge in [0, 0.05) is 5.56 Å². The Bertz CT molecular complexity index is 553. The smallest absolute Gasteiger partial charge is 0.141 e. The molecule has 0 bridgehead atoms. The van der Waals surface area contributed by atoms with Gasteiger partial charge in [-0.2, -0.15) is 5.10 Å². The predicted molar refractivity (Wildman–Crippen MR) is 59.8 cm³/mol. The highest BCUT2D eigenvalue weighted by molar-refractivity contribution is 7.71. The minimum Gasteiger partial charge on any atom is -0.268 e. The van der Waals surface area contributed by atoms with E-state index in [9.17, 15) is 4.39 Å². The van der Waals surface area contributed by atoms with Crippen molar-refractivity contribution < 1.29 is 4.39 Å². The number of nitrogens with zero attached hydrogens (tertiary/aromatic N) is 1. The van der Waals surface area contributed by atoms with Crippen LogP contribution in [0.25, 0.3) is 11.1 Å². The van der Waals surface area contributed by atoms with Gasteiger partial charge in [-0.05, 0) is 23.8 Å². The van der Waals surface area contributed by atoms with Crippen LogP contribution in [0.15, 0.2) is 30.5 Å². The second-order valence-corrected chi connectivity index (χ2v) is 3.81. The first kappa shape index (κ1) is 10.3. The number of aromatic nitrogens is 2. The lowest BCUT2D eigenvalue weighted by molar-refractivity contribution is 0.628. The van der Waals surface area contributed by atoms with Gasteiger partial charge < -0.3 is 0 Å². The van der Waals surface area contributed by atoms with E-state index in [2.05, 4.69) is 10.2 Å². The van der Waals surface area contributed by atoms with Crippen molar-refractivity contribution in [2.24, 2.45) is 0 Å². The van der Waals surface area contributed by atoms with Crippen molar-refractivity contribution in [2.45, 2.75) is 0 Å². The molecule has 0 fully saturated rings. The van der Waals surface area contributed by atoms with Crippen molar-refractivity contribution in [3.63, 3.8) is 0 Å². The van der Waals surface area contributed by atoms with Crippen molar-refractivity contribution >= 4 is 23.8 Å². The van der Waals surface area contributed by atoms with Gasteiger partial charge in [0.1, 0.15) is 10.5 Å². The number of hydrogen-bond acceptors (Lipinski definition) is 2. The monoisotopic (exact) mass is 240 g/mol. The van der Waals surface area contributed by atoms with Crippen LogP contribution in [-0.2, 0) is 0 Å². The number of halogens is 2. The fraction of sp³-hybridized carbons (Fsp3) is 0. The highest BCUT2D eigenvalue weighted by Gasteiger charge is 2.03. The van der Waals surface area contributed by atoms with Crippen molar-refractivity contribution in [2.75, 3.05) is 0 Å². The fourth-order valence-corrected chi connectivity index (χ4v) is 1.57. The molecule has 76 valence electrons. The molecule has 5 heteroatoms. The number of hydrogen-bond donors (Lipinski definition) is 1. The molecular formula is C10H6ClFN2S. The number of nitrogens with one attached hydrogen (secondary N) is 1. The van der Waals surface area contributed by atoms with Gasteiger partial charge in [0.05, 0.1) is 11.2 Å². The highest BCUT2D eigenvalue weighted by atomic mass is 35.5. The summed E-state index contributed by atoms with van der Waals surface area (Å²) in [5, 5.41) is 6.56. The first-order valence-electron chi connectivity index (χ1n) is 4.17. The molecule has 1 heterocycles. The Labute approximate surface area is 95.7 Å². The van der Waals surface area contributed by atoms with E-state index in [-0.39, 0.29) is 5.02 Å². The Balaban J connectivity index is 2.55. The van der Waals surface area contributed by atoms with Crippen LogP contribution in [0, 0.1) is 10.5 Å². The summed E-state index contributed by atoms with van der Waals surface area (Å²) in [4.78, 5) is 0. The molecule has 0 unspecified atom stereocenters. The Morgan fingerprint density at radius 1 is 1.27 bits per heavy atom. The summed E-state index contributed by atoms with van der Waals surface area (Å²) in [5.41, 5.74) is 1.59. The van der Waals surface area contributed by atoms with Gasteiger partial charge in [-0.3, -0.25) is 5.10 Å². The first-order chi connectivity index (χ1) is 7.16. The Hall–Kier alpha value is -1.26. The molecule has 0 amide bonds. The number of benzene rings is 1. The second-order valence-electron chi connectivity index (χ2n) is 2.96. The first-order valence-corrected chi connectivity index (χ1v) is 4.95. The summed E-state index contributed by atoms with van der Waals surface area (Å²) in [7, 11) is 0. The molecule has 0 atom stereocenters. The average Bonchev–Trinajstić information content (AvgIpc) is 2.22. The minimum atomic E-state index is -0.436. The summed E-state index contributed by atoms with van der Waals surface area (Å²) in [6.07, 6.45) is 1.61. The zero-order chi connectivity index (χ0) is 10.8. The van der Waals surface area contributed by atoms with Crippen LogP contribution in [0.5, 0.6) is 0 Å². The molecule has 0 saturated heterocycles. The molecule has 0 saturated carbocycles. The summed E-state index contributed by atoms with van der Waals surface area (Å²) in [5.74, 6) is -0.436. The third kappa shape index (κ3) is 2.22. The summed E-state index contributed by atoms with van der Waals surface area (Å²) >= 11 is 10.6. The van der Waals surface area contributed by atoms with Crippen LogP contribution in [0.1, 0.15) is 0 Å². The second kappa shape index (κ2) is 4.08. The summed E-state index contributed by atoms with van der Waals surface area (Å²) in [6, 6.07) is 6.24. The molecule has 1 aromatic carbocycles. The molecule has 0 aliphatic carbocycles. The fourth-order valence-electron chi connectivity index (χ4n) is 1.21. The molecular weight excluding hydrogens is 235 g/mol. The van der Waals surface area contributed by atoms with Crippen LogP contribution >= 0.6 is 23.8 Å². The van der Waals surface area contributed by atoms with Crippen molar-refractivity contribution in [3.8, 4) is 11.1 Å². The third-order valence-electron chi connectivity index (χ3n) is 1.92. The standard InChI is InChI=1S/C10H6ClFN2S/c11-8-3-6(1-2-9(8)12)7-4-10(15)14-13-5-7/h1-5H,(H,14,15). The van der Waals surface area contributed by atoms with Crippen molar-refractivity contribution in [1.29, 1.82) is 0 Å². The number of H-pyrrole nitrogens is 1. The minimum absolute atomic E-state index is 0.0891. The zero-order valence-electron chi connectivity index (χ0n) is 7.50. The van der Waals surface area contributed by atoms with E-state index in [1.165, 1.54) is 6.07 Å². The van der Waals surface area contributed by atoms with Crippen LogP contribution in [0.3, 0.4) is 0 Å². The lowest BCUT2D eigenvalue weighted by Gasteiger charge is -2.01. The third-order valence-corrected chi connectivity index (χ3v) is 2.42. The van der Waals surface area contributed by atoms with Crippen LogP contribution in [0.4, 0.5) is 4.39 Å². The maximum Gasteiger partial charge on any atom is 0.141 e. The number of rotatable bonds is 1. The quantitative estimate of drug-likeness (QED) is 0.772. The molecule has 2 nitrogen and oxygen atoms in total. The summed E-state index contributed by atoms with van der Waals surface area (Å²) < 4.78 is 13.4.